The number of nitrogens with one attached hydrogen (secondary N) is 1. The Bertz CT molecular complexity index is 982. The quantitative estimate of drug-likeness (QED) is 0.765. The first kappa shape index (κ1) is 21.8. The summed E-state index contributed by atoms with van der Waals surface area (Å²) in [5.41, 5.74) is 3.42. The van der Waals surface area contributed by atoms with E-state index in [1.54, 1.807) is 12.1 Å². The van der Waals surface area contributed by atoms with Crippen LogP contribution in [0.5, 0.6) is 0 Å². The van der Waals surface area contributed by atoms with Crippen molar-refractivity contribution in [2.24, 2.45) is 5.92 Å². The van der Waals surface area contributed by atoms with Gasteiger partial charge in [0.25, 0.3) is 0 Å². The van der Waals surface area contributed by atoms with E-state index in [9.17, 15) is 13.2 Å². The van der Waals surface area contributed by atoms with Gasteiger partial charge >= 0.3 is 0 Å². The van der Waals surface area contributed by atoms with Gasteiger partial charge in [0.15, 0.2) is 0 Å². The molecular weight excluding hydrogens is 408 g/mol. The lowest BCUT2D eigenvalue weighted by Gasteiger charge is -2.31. The average molecular weight is 435 g/mol. The Morgan fingerprint density at radius 1 is 1.10 bits per heavy atom. The molecule has 1 N–H and O–H groups in total. The second kappa shape index (κ2) is 8.86. The van der Waals surface area contributed by atoms with Crippen molar-refractivity contribution in [1.82, 2.24) is 9.62 Å². The van der Waals surface area contributed by atoms with Crippen LogP contribution in [0.3, 0.4) is 0 Å². The van der Waals surface area contributed by atoms with Crippen molar-refractivity contribution < 1.29 is 13.2 Å². The van der Waals surface area contributed by atoms with Crippen LogP contribution in [0.4, 0.5) is 0 Å². The minimum absolute atomic E-state index is 0.0121. The summed E-state index contributed by atoms with van der Waals surface area (Å²) in [7, 11) is -3.56. The Balaban J connectivity index is 1.60. The van der Waals surface area contributed by atoms with Gasteiger partial charge in [0, 0.05) is 24.0 Å². The van der Waals surface area contributed by atoms with E-state index in [1.807, 2.05) is 20.8 Å². The lowest BCUT2D eigenvalue weighted by Crippen LogP contribution is -2.43. The smallest absolute Gasteiger partial charge is 0.243 e. The number of piperidine rings is 1. The molecule has 0 bridgehead atoms. The lowest BCUT2D eigenvalue weighted by molar-refractivity contribution is -0.126. The summed E-state index contributed by atoms with van der Waals surface area (Å²) in [5, 5.41) is 3.60. The van der Waals surface area contributed by atoms with E-state index in [2.05, 4.69) is 23.5 Å². The third-order valence-electron chi connectivity index (χ3n) is 5.54. The number of carbonyl (C=O) groups is 1. The van der Waals surface area contributed by atoms with Crippen molar-refractivity contribution in [3.8, 4) is 0 Å². The van der Waals surface area contributed by atoms with Crippen molar-refractivity contribution in [3.05, 3.63) is 64.2 Å². The molecule has 1 aliphatic heterocycles. The number of sulfonamides is 1. The summed E-state index contributed by atoms with van der Waals surface area (Å²) in [6.45, 7) is 6.73. The molecule has 3 rings (SSSR count). The molecule has 7 heteroatoms. The van der Waals surface area contributed by atoms with Crippen LogP contribution in [0.1, 0.15) is 42.5 Å². The summed E-state index contributed by atoms with van der Waals surface area (Å²) in [6, 6.07) is 12.3. The summed E-state index contributed by atoms with van der Waals surface area (Å²) in [4.78, 5) is 13.0. The number of halogens is 1. The van der Waals surface area contributed by atoms with Crippen LogP contribution in [0, 0.1) is 19.8 Å². The van der Waals surface area contributed by atoms with Gasteiger partial charge in [0.2, 0.25) is 15.9 Å². The van der Waals surface area contributed by atoms with Crippen LogP contribution in [0.15, 0.2) is 47.4 Å². The van der Waals surface area contributed by atoms with E-state index in [-0.39, 0.29) is 22.8 Å². The van der Waals surface area contributed by atoms with Gasteiger partial charge in [-0.05, 0) is 69.0 Å². The summed E-state index contributed by atoms with van der Waals surface area (Å²) in [6.07, 6.45) is 1.02. The molecule has 0 radical (unpaired) electrons. The molecule has 156 valence electrons. The van der Waals surface area contributed by atoms with Crippen LogP contribution >= 0.6 is 11.6 Å². The Kier molecular flexibility index (Phi) is 6.66. The van der Waals surface area contributed by atoms with E-state index in [0.29, 0.717) is 31.0 Å². The zero-order valence-electron chi connectivity index (χ0n) is 17.0. The fourth-order valence-corrected chi connectivity index (χ4v) is 5.35. The van der Waals surface area contributed by atoms with Gasteiger partial charge in [-0.1, -0.05) is 35.4 Å². The van der Waals surface area contributed by atoms with Crippen molar-refractivity contribution >= 4 is 27.5 Å². The van der Waals surface area contributed by atoms with Crippen LogP contribution in [-0.4, -0.2) is 31.7 Å². The Morgan fingerprint density at radius 3 is 2.34 bits per heavy atom. The molecule has 0 aromatic heterocycles. The normalized spacial score (nSPS) is 17.1. The molecule has 0 unspecified atom stereocenters. The first-order valence-corrected chi connectivity index (χ1v) is 11.6. The van der Waals surface area contributed by atoms with Crippen LogP contribution in [0.2, 0.25) is 5.02 Å². The highest BCUT2D eigenvalue weighted by molar-refractivity contribution is 7.89. The van der Waals surface area contributed by atoms with Crippen LogP contribution in [0.25, 0.3) is 0 Å². The summed E-state index contributed by atoms with van der Waals surface area (Å²) >= 11 is 5.85. The maximum absolute atomic E-state index is 12.8. The van der Waals surface area contributed by atoms with Gasteiger partial charge < -0.3 is 5.32 Å². The van der Waals surface area contributed by atoms with Gasteiger partial charge in [-0.2, -0.15) is 4.31 Å². The van der Waals surface area contributed by atoms with Crippen molar-refractivity contribution in [3.63, 3.8) is 0 Å². The molecular formula is C22H27ClN2O3S. The topological polar surface area (TPSA) is 66.5 Å². The first-order chi connectivity index (χ1) is 13.7. The van der Waals surface area contributed by atoms with E-state index in [1.165, 1.54) is 16.4 Å². The standard InChI is InChI=1S/C22H27ClN2O3S/c1-15-4-5-16(2)21(14-15)17(3)24-22(26)18-10-12-25(13-11-18)29(27,28)20-8-6-19(23)7-9-20/h4-9,14,17-18H,10-13H2,1-3H3,(H,24,26)/t17-/m1/s1. The molecule has 1 heterocycles. The Labute approximate surface area is 178 Å². The van der Waals surface area contributed by atoms with Crippen LogP contribution in [-0.2, 0) is 14.8 Å². The molecule has 29 heavy (non-hydrogen) atoms. The van der Waals surface area contributed by atoms with E-state index < -0.39 is 10.0 Å². The zero-order valence-corrected chi connectivity index (χ0v) is 18.6. The Hall–Kier alpha value is -1.89. The SMILES string of the molecule is Cc1ccc(C)c([C@@H](C)NC(=O)C2CCN(S(=O)(=O)c3ccc(Cl)cc3)CC2)c1. The second-order valence-corrected chi connectivity index (χ2v) is 10.1. The molecule has 2 aromatic rings. The molecule has 1 amide bonds. The van der Waals surface area contributed by atoms with E-state index in [0.717, 1.165) is 16.7 Å². The van der Waals surface area contributed by atoms with Gasteiger partial charge in [0.1, 0.15) is 0 Å². The third kappa shape index (κ3) is 5.00. The summed E-state index contributed by atoms with van der Waals surface area (Å²) < 4.78 is 27.0. The largest absolute Gasteiger partial charge is 0.349 e. The number of benzene rings is 2. The number of amides is 1. The Morgan fingerprint density at radius 2 is 1.72 bits per heavy atom. The molecule has 1 aliphatic rings. The maximum atomic E-state index is 12.8. The van der Waals surface area contributed by atoms with Crippen molar-refractivity contribution in [2.45, 2.75) is 44.6 Å². The summed E-state index contributed by atoms with van der Waals surface area (Å²) in [5.74, 6) is -0.193. The highest BCUT2D eigenvalue weighted by Gasteiger charge is 2.32. The number of carbonyl (C=O) groups excluding carboxylic acids is 1. The second-order valence-electron chi connectivity index (χ2n) is 7.72. The van der Waals surface area contributed by atoms with Crippen molar-refractivity contribution in [1.29, 1.82) is 0 Å². The highest BCUT2D eigenvalue weighted by Crippen LogP contribution is 2.26. The fourth-order valence-electron chi connectivity index (χ4n) is 3.75. The number of nitrogens with zero attached hydrogens (tertiary/aromatic N) is 1. The lowest BCUT2D eigenvalue weighted by atomic mass is 9.95. The number of hydrogen-bond acceptors (Lipinski definition) is 3. The van der Waals surface area contributed by atoms with E-state index >= 15 is 0 Å². The van der Waals surface area contributed by atoms with Gasteiger partial charge in [-0.3, -0.25) is 4.79 Å². The molecule has 1 atom stereocenters. The van der Waals surface area contributed by atoms with Crippen LogP contribution < -0.4 is 5.32 Å². The number of rotatable bonds is 5. The fraction of sp³-hybridized carbons (Fsp3) is 0.409. The molecule has 0 aliphatic carbocycles. The van der Waals surface area contributed by atoms with Crippen molar-refractivity contribution in [2.75, 3.05) is 13.1 Å². The minimum Gasteiger partial charge on any atom is -0.349 e. The monoisotopic (exact) mass is 434 g/mol. The minimum atomic E-state index is -3.56. The third-order valence-corrected chi connectivity index (χ3v) is 7.70. The van der Waals surface area contributed by atoms with Gasteiger partial charge in [-0.15, -0.1) is 0 Å². The molecule has 0 spiro atoms. The molecule has 5 nitrogen and oxygen atoms in total. The van der Waals surface area contributed by atoms with Gasteiger partial charge in [0.05, 0.1) is 10.9 Å². The number of aryl methyl sites for hydroxylation is 2. The zero-order chi connectivity index (χ0) is 21.2. The average Bonchev–Trinajstić information content (AvgIpc) is 2.70. The maximum Gasteiger partial charge on any atom is 0.243 e. The van der Waals surface area contributed by atoms with E-state index in [4.69, 9.17) is 11.6 Å². The van der Waals surface area contributed by atoms with Gasteiger partial charge in [-0.25, -0.2) is 8.42 Å². The number of hydrogen-bond donors (Lipinski definition) is 1. The first-order valence-electron chi connectivity index (χ1n) is 9.81. The molecule has 1 fully saturated rings. The molecule has 2 aromatic carbocycles. The highest BCUT2D eigenvalue weighted by atomic mass is 35.5. The predicted molar refractivity (Wildman–Crippen MR) is 115 cm³/mol. The predicted octanol–water partition coefficient (Wildman–Crippen LogP) is 4.23. The molecule has 1 saturated heterocycles. The molecule has 0 saturated carbocycles.